The third kappa shape index (κ3) is 2.27. The molecule has 0 saturated carbocycles. The smallest absolute Gasteiger partial charge is 0.0734 e. The largest absolute Gasteiger partial charge is 0.343 e. The Labute approximate surface area is 193 Å². The van der Waals surface area contributed by atoms with E-state index in [1.54, 1.807) is 0 Å². The maximum absolute atomic E-state index is 2.40. The Morgan fingerprint density at radius 1 is 0.515 bits per heavy atom. The number of para-hydroxylation sites is 1. The molecule has 1 aliphatic rings. The van der Waals surface area contributed by atoms with Crippen molar-refractivity contribution >= 4 is 21.8 Å². The van der Waals surface area contributed by atoms with Crippen LogP contribution in [-0.2, 0) is 12.5 Å². The minimum atomic E-state index is -0.379. The maximum Gasteiger partial charge on any atom is 0.0734 e. The summed E-state index contributed by atoms with van der Waals surface area (Å²) in [5.41, 5.74) is 10.2. The molecule has 1 nitrogen and oxygen atoms in total. The van der Waals surface area contributed by atoms with Crippen molar-refractivity contribution in [2.45, 2.75) is 5.41 Å². The highest BCUT2D eigenvalue weighted by Crippen LogP contribution is 2.58. The van der Waals surface area contributed by atoms with E-state index in [1.165, 1.54) is 55.2 Å². The molecular formula is C32H23N. The molecule has 33 heavy (non-hydrogen) atoms. The number of rotatable bonds is 2. The number of fused-ring (bicyclic) bond motifs is 7. The summed E-state index contributed by atoms with van der Waals surface area (Å²) >= 11 is 0. The van der Waals surface area contributed by atoms with Crippen molar-refractivity contribution in [3.63, 3.8) is 0 Å². The van der Waals surface area contributed by atoms with Gasteiger partial charge in [0, 0.05) is 28.9 Å². The first-order valence-electron chi connectivity index (χ1n) is 11.5. The lowest BCUT2D eigenvalue weighted by Gasteiger charge is -2.34. The van der Waals surface area contributed by atoms with Gasteiger partial charge in [0.15, 0.2) is 0 Å². The second-order valence-electron chi connectivity index (χ2n) is 8.99. The fraction of sp³-hybridized carbons (Fsp3) is 0.0625. The van der Waals surface area contributed by atoms with Crippen LogP contribution in [-0.4, -0.2) is 4.57 Å². The topological polar surface area (TPSA) is 4.93 Å². The van der Waals surface area contributed by atoms with Crippen LogP contribution >= 0.6 is 0 Å². The standard InChI is InChI=1S/C32H23N/c1-33-29-19-11-9-17-25(29)27-21-20-26-24-16-8-10-18-28(24)32(30(26)31(27)33,22-12-4-2-5-13-22)23-14-6-3-7-15-23/h2-21H,1H3. The highest BCUT2D eigenvalue weighted by Gasteiger charge is 2.47. The SMILES string of the molecule is Cn1c2ccccc2c2ccc3c(c21)C(c1ccccc1)(c1ccccc1)c1ccccc1-3. The molecule has 0 spiro atoms. The summed E-state index contributed by atoms with van der Waals surface area (Å²) in [5, 5.41) is 2.62. The Bertz CT molecular complexity index is 1620. The van der Waals surface area contributed by atoms with Gasteiger partial charge in [-0.25, -0.2) is 0 Å². The van der Waals surface area contributed by atoms with Crippen LogP contribution in [0, 0.1) is 0 Å². The zero-order valence-electron chi connectivity index (χ0n) is 18.5. The molecule has 5 aromatic carbocycles. The number of hydrogen-bond donors (Lipinski definition) is 0. The van der Waals surface area contributed by atoms with Crippen LogP contribution in [0.5, 0.6) is 0 Å². The first kappa shape index (κ1) is 18.5. The van der Waals surface area contributed by atoms with Crippen LogP contribution in [0.15, 0.2) is 121 Å². The average Bonchev–Trinajstić information content (AvgIpc) is 3.36. The number of hydrogen-bond acceptors (Lipinski definition) is 0. The minimum Gasteiger partial charge on any atom is -0.343 e. The van der Waals surface area contributed by atoms with Gasteiger partial charge in [-0.2, -0.15) is 0 Å². The van der Waals surface area contributed by atoms with Crippen LogP contribution in [0.2, 0.25) is 0 Å². The summed E-state index contributed by atoms with van der Waals surface area (Å²) in [4.78, 5) is 0. The number of nitrogens with zero attached hydrogens (tertiary/aromatic N) is 1. The average molecular weight is 422 g/mol. The molecule has 0 N–H and O–H groups in total. The third-order valence-electron chi connectivity index (χ3n) is 7.48. The van der Waals surface area contributed by atoms with Crippen molar-refractivity contribution in [2.24, 2.45) is 7.05 Å². The molecule has 7 rings (SSSR count). The van der Waals surface area contributed by atoms with E-state index in [2.05, 4.69) is 133 Å². The summed E-state index contributed by atoms with van der Waals surface area (Å²) in [5.74, 6) is 0. The van der Waals surface area contributed by atoms with Gasteiger partial charge in [0.1, 0.15) is 0 Å². The van der Waals surface area contributed by atoms with Crippen molar-refractivity contribution in [1.29, 1.82) is 0 Å². The van der Waals surface area contributed by atoms with E-state index in [4.69, 9.17) is 0 Å². The van der Waals surface area contributed by atoms with Crippen molar-refractivity contribution < 1.29 is 0 Å². The highest BCUT2D eigenvalue weighted by atomic mass is 14.9. The first-order chi connectivity index (χ1) is 16.3. The van der Waals surface area contributed by atoms with Crippen LogP contribution in [0.25, 0.3) is 32.9 Å². The Kier molecular flexibility index (Phi) is 3.75. The molecule has 0 saturated heterocycles. The number of aromatic nitrogens is 1. The minimum absolute atomic E-state index is 0.379. The van der Waals surface area contributed by atoms with Gasteiger partial charge >= 0.3 is 0 Å². The first-order valence-corrected chi connectivity index (χ1v) is 11.5. The predicted molar refractivity (Wildman–Crippen MR) is 138 cm³/mol. The highest BCUT2D eigenvalue weighted by molar-refractivity contribution is 6.12. The Balaban J connectivity index is 1.77. The lowest BCUT2D eigenvalue weighted by atomic mass is 9.67. The second-order valence-corrected chi connectivity index (χ2v) is 8.99. The molecule has 6 aromatic rings. The van der Waals surface area contributed by atoms with Crippen molar-refractivity contribution in [1.82, 2.24) is 4.57 Å². The van der Waals surface area contributed by atoms with Gasteiger partial charge in [-0.1, -0.05) is 115 Å². The Morgan fingerprint density at radius 3 is 1.85 bits per heavy atom. The van der Waals surface area contributed by atoms with Crippen molar-refractivity contribution in [2.75, 3.05) is 0 Å². The summed E-state index contributed by atoms with van der Waals surface area (Å²) < 4.78 is 2.40. The van der Waals surface area contributed by atoms with Crippen LogP contribution in [0.3, 0.4) is 0 Å². The molecule has 156 valence electrons. The van der Waals surface area contributed by atoms with E-state index in [9.17, 15) is 0 Å². The summed E-state index contributed by atoms with van der Waals surface area (Å²) in [6, 6.07) is 44.5. The van der Waals surface area contributed by atoms with Gasteiger partial charge in [-0.05, 0) is 33.9 Å². The van der Waals surface area contributed by atoms with Crippen LogP contribution in [0.4, 0.5) is 0 Å². The lowest BCUT2D eigenvalue weighted by Crippen LogP contribution is -2.29. The zero-order chi connectivity index (χ0) is 22.0. The molecular weight excluding hydrogens is 398 g/mol. The van der Waals surface area contributed by atoms with Crippen molar-refractivity contribution in [3.8, 4) is 11.1 Å². The Morgan fingerprint density at radius 2 is 1.12 bits per heavy atom. The van der Waals surface area contributed by atoms with Gasteiger partial charge in [-0.15, -0.1) is 0 Å². The van der Waals surface area contributed by atoms with E-state index in [-0.39, 0.29) is 5.41 Å². The van der Waals surface area contributed by atoms with Crippen molar-refractivity contribution in [3.05, 3.63) is 144 Å². The van der Waals surface area contributed by atoms with Crippen LogP contribution in [0.1, 0.15) is 22.3 Å². The van der Waals surface area contributed by atoms with Gasteiger partial charge in [0.25, 0.3) is 0 Å². The molecule has 0 fully saturated rings. The van der Waals surface area contributed by atoms with E-state index in [1.807, 2.05) is 0 Å². The van der Waals surface area contributed by atoms with E-state index in [0.717, 1.165) is 0 Å². The monoisotopic (exact) mass is 421 g/mol. The molecule has 0 unspecified atom stereocenters. The zero-order valence-corrected chi connectivity index (χ0v) is 18.5. The normalized spacial score (nSPS) is 13.8. The van der Waals surface area contributed by atoms with Gasteiger partial charge in [-0.3, -0.25) is 0 Å². The van der Waals surface area contributed by atoms with E-state index < -0.39 is 0 Å². The molecule has 1 heterocycles. The lowest BCUT2D eigenvalue weighted by molar-refractivity contribution is 0.769. The summed E-state index contributed by atoms with van der Waals surface area (Å²) in [7, 11) is 2.22. The van der Waals surface area contributed by atoms with E-state index in [0.29, 0.717) is 0 Å². The molecule has 1 aliphatic carbocycles. The third-order valence-corrected chi connectivity index (χ3v) is 7.48. The van der Waals surface area contributed by atoms with Gasteiger partial charge in [0.2, 0.25) is 0 Å². The fourth-order valence-electron chi connectivity index (χ4n) is 6.20. The van der Waals surface area contributed by atoms with E-state index >= 15 is 0 Å². The molecule has 0 bridgehead atoms. The van der Waals surface area contributed by atoms with Gasteiger partial charge in [0.05, 0.1) is 10.9 Å². The quantitative estimate of drug-likeness (QED) is 0.270. The van der Waals surface area contributed by atoms with Crippen LogP contribution < -0.4 is 0 Å². The van der Waals surface area contributed by atoms with Gasteiger partial charge < -0.3 is 4.57 Å². The molecule has 0 amide bonds. The maximum atomic E-state index is 2.40. The molecule has 1 aromatic heterocycles. The summed E-state index contributed by atoms with van der Waals surface area (Å²) in [6.45, 7) is 0. The molecule has 1 heteroatoms. The number of benzene rings is 5. The predicted octanol–water partition coefficient (Wildman–Crippen LogP) is 7.69. The molecule has 0 atom stereocenters. The molecule has 0 aliphatic heterocycles. The number of aryl methyl sites for hydroxylation is 1. The Hall–Kier alpha value is -4.10. The summed E-state index contributed by atoms with van der Waals surface area (Å²) in [6.07, 6.45) is 0. The second kappa shape index (κ2) is 6.70. The molecule has 0 radical (unpaired) electrons. The fourth-order valence-corrected chi connectivity index (χ4v) is 6.20.